The number of nitrogens with one attached hydrogen (secondary N) is 1. The van der Waals surface area contributed by atoms with E-state index in [0.29, 0.717) is 29.7 Å². The van der Waals surface area contributed by atoms with E-state index in [1.807, 2.05) is 36.4 Å². The van der Waals surface area contributed by atoms with Gasteiger partial charge in [-0.25, -0.2) is 0 Å². The monoisotopic (exact) mass is 413 g/mol. The fraction of sp³-hybridized carbons (Fsp3) is 0.333. The highest BCUT2D eigenvalue weighted by Gasteiger charge is 2.12. The average Bonchev–Trinajstić information content (AvgIpc) is 2.59. The van der Waals surface area contributed by atoms with Crippen molar-refractivity contribution >= 4 is 27.5 Å². The Bertz CT molecular complexity index is 649. The lowest BCUT2D eigenvalue weighted by Gasteiger charge is -2.15. The summed E-state index contributed by atoms with van der Waals surface area (Å²) in [5.74, 6) is 1.38. The molecule has 0 heterocycles. The number of rotatable bonds is 9. The molecule has 0 aliphatic heterocycles. The van der Waals surface area contributed by atoms with Crippen LogP contribution in [0.2, 0.25) is 5.02 Å². The van der Waals surface area contributed by atoms with Crippen LogP contribution in [-0.2, 0) is 17.9 Å². The summed E-state index contributed by atoms with van der Waals surface area (Å²) in [6, 6.07) is 11.6. The zero-order valence-corrected chi connectivity index (χ0v) is 16.1. The van der Waals surface area contributed by atoms with Gasteiger partial charge in [-0.3, -0.25) is 0 Å². The normalized spacial score (nSPS) is 10.7. The number of benzene rings is 2. The predicted molar refractivity (Wildman–Crippen MR) is 100 cm³/mol. The van der Waals surface area contributed by atoms with Crippen LogP contribution in [0, 0.1) is 0 Å². The Labute approximate surface area is 156 Å². The van der Waals surface area contributed by atoms with E-state index in [-0.39, 0.29) is 0 Å². The van der Waals surface area contributed by atoms with Crippen LogP contribution in [-0.4, -0.2) is 27.4 Å². The van der Waals surface area contributed by atoms with E-state index in [1.54, 1.807) is 14.2 Å². The van der Waals surface area contributed by atoms with Crippen molar-refractivity contribution < 1.29 is 14.2 Å². The maximum absolute atomic E-state index is 5.93. The maximum atomic E-state index is 5.93. The lowest BCUT2D eigenvalue weighted by atomic mass is 10.2. The molecule has 6 heteroatoms. The van der Waals surface area contributed by atoms with Gasteiger partial charge in [0.15, 0.2) is 11.5 Å². The zero-order chi connectivity index (χ0) is 17.4. The average molecular weight is 415 g/mol. The SMILES string of the molecule is COCCNCc1cc(Br)c(OCc2ccc(Cl)cc2)c(OC)c1. The van der Waals surface area contributed by atoms with Crippen LogP contribution in [0.1, 0.15) is 11.1 Å². The Morgan fingerprint density at radius 3 is 2.50 bits per heavy atom. The summed E-state index contributed by atoms with van der Waals surface area (Å²) < 4.78 is 17.3. The first-order valence-corrected chi connectivity index (χ1v) is 8.74. The fourth-order valence-corrected chi connectivity index (χ4v) is 2.89. The molecule has 0 atom stereocenters. The molecule has 0 spiro atoms. The quantitative estimate of drug-likeness (QED) is 0.616. The highest BCUT2D eigenvalue weighted by molar-refractivity contribution is 9.10. The van der Waals surface area contributed by atoms with Crippen LogP contribution in [0.5, 0.6) is 11.5 Å². The van der Waals surface area contributed by atoms with Gasteiger partial charge in [0, 0.05) is 25.2 Å². The van der Waals surface area contributed by atoms with Crippen LogP contribution in [0.15, 0.2) is 40.9 Å². The second kappa shape index (κ2) is 9.89. The van der Waals surface area contributed by atoms with Gasteiger partial charge in [0.25, 0.3) is 0 Å². The molecule has 0 saturated carbocycles. The molecule has 0 unspecified atom stereocenters. The lowest BCUT2D eigenvalue weighted by molar-refractivity contribution is 0.199. The van der Waals surface area contributed by atoms with Gasteiger partial charge in [-0.15, -0.1) is 0 Å². The van der Waals surface area contributed by atoms with Gasteiger partial charge in [0.1, 0.15) is 6.61 Å². The summed E-state index contributed by atoms with van der Waals surface area (Å²) in [5.41, 5.74) is 2.15. The van der Waals surface area contributed by atoms with E-state index in [9.17, 15) is 0 Å². The van der Waals surface area contributed by atoms with Gasteiger partial charge >= 0.3 is 0 Å². The van der Waals surface area contributed by atoms with Crippen molar-refractivity contribution in [3.8, 4) is 11.5 Å². The molecule has 0 amide bonds. The zero-order valence-electron chi connectivity index (χ0n) is 13.8. The van der Waals surface area contributed by atoms with E-state index >= 15 is 0 Å². The molecule has 4 nitrogen and oxygen atoms in total. The Morgan fingerprint density at radius 2 is 1.83 bits per heavy atom. The molecule has 1 N–H and O–H groups in total. The number of hydrogen-bond acceptors (Lipinski definition) is 4. The van der Waals surface area contributed by atoms with Crippen LogP contribution in [0.25, 0.3) is 0 Å². The fourth-order valence-electron chi connectivity index (χ4n) is 2.16. The van der Waals surface area contributed by atoms with E-state index in [1.165, 1.54) is 0 Å². The van der Waals surface area contributed by atoms with Crippen molar-refractivity contribution in [1.82, 2.24) is 5.32 Å². The Morgan fingerprint density at radius 1 is 1.08 bits per heavy atom. The number of methoxy groups -OCH3 is 2. The molecule has 0 bridgehead atoms. The highest BCUT2D eigenvalue weighted by atomic mass is 79.9. The van der Waals surface area contributed by atoms with Crippen molar-refractivity contribution in [1.29, 1.82) is 0 Å². The van der Waals surface area contributed by atoms with Gasteiger partial charge in [0.05, 0.1) is 18.2 Å². The van der Waals surface area contributed by atoms with Crippen LogP contribution in [0.4, 0.5) is 0 Å². The molecule has 2 aromatic carbocycles. The van der Waals surface area contributed by atoms with Gasteiger partial charge in [-0.1, -0.05) is 23.7 Å². The van der Waals surface area contributed by atoms with Crippen molar-refractivity contribution in [2.24, 2.45) is 0 Å². The molecular weight excluding hydrogens is 394 g/mol. The lowest BCUT2D eigenvalue weighted by Crippen LogP contribution is -2.18. The van der Waals surface area contributed by atoms with Gasteiger partial charge < -0.3 is 19.5 Å². The van der Waals surface area contributed by atoms with Crippen molar-refractivity contribution in [2.45, 2.75) is 13.2 Å². The summed E-state index contributed by atoms with van der Waals surface area (Å²) in [6.07, 6.45) is 0. The van der Waals surface area contributed by atoms with Gasteiger partial charge in [-0.05, 0) is 51.3 Å². The smallest absolute Gasteiger partial charge is 0.175 e. The summed E-state index contributed by atoms with van der Waals surface area (Å²) in [6.45, 7) is 2.65. The summed E-state index contributed by atoms with van der Waals surface area (Å²) in [5, 5.41) is 4.02. The first-order chi connectivity index (χ1) is 11.6. The molecule has 0 radical (unpaired) electrons. The Hall–Kier alpha value is -1.27. The van der Waals surface area contributed by atoms with E-state index in [0.717, 1.165) is 28.7 Å². The Balaban J connectivity index is 2.04. The summed E-state index contributed by atoms with van der Waals surface area (Å²) in [7, 11) is 3.33. The van der Waals surface area contributed by atoms with Crippen molar-refractivity contribution in [2.75, 3.05) is 27.4 Å². The van der Waals surface area contributed by atoms with E-state index in [4.69, 9.17) is 25.8 Å². The van der Waals surface area contributed by atoms with Crippen molar-refractivity contribution in [3.63, 3.8) is 0 Å². The largest absolute Gasteiger partial charge is 0.493 e. The molecule has 0 aliphatic rings. The first-order valence-electron chi connectivity index (χ1n) is 7.57. The molecule has 0 saturated heterocycles. The number of hydrogen-bond donors (Lipinski definition) is 1. The van der Waals surface area contributed by atoms with Crippen LogP contribution >= 0.6 is 27.5 Å². The van der Waals surface area contributed by atoms with Gasteiger partial charge in [-0.2, -0.15) is 0 Å². The molecule has 24 heavy (non-hydrogen) atoms. The second-order valence-corrected chi connectivity index (χ2v) is 6.48. The van der Waals surface area contributed by atoms with Crippen molar-refractivity contribution in [3.05, 3.63) is 57.0 Å². The maximum Gasteiger partial charge on any atom is 0.175 e. The third-order valence-electron chi connectivity index (χ3n) is 3.40. The minimum atomic E-state index is 0.442. The topological polar surface area (TPSA) is 39.7 Å². The third kappa shape index (κ3) is 5.67. The second-order valence-electron chi connectivity index (χ2n) is 5.19. The molecule has 0 aromatic heterocycles. The van der Waals surface area contributed by atoms with E-state index < -0.39 is 0 Å². The van der Waals surface area contributed by atoms with Crippen LogP contribution < -0.4 is 14.8 Å². The number of ether oxygens (including phenoxy) is 3. The first kappa shape index (κ1) is 19.1. The molecule has 0 fully saturated rings. The summed E-state index contributed by atoms with van der Waals surface area (Å²) in [4.78, 5) is 0. The minimum Gasteiger partial charge on any atom is -0.493 e. The molecule has 0 aliphatic carbocycles. The number of halogens is 2. The van der Waals surface area contributed by atoms with E-state index in [2.05, 4.69) is 21.2 Å². The predicted octanol–water partition coefficient (Wildman–Crippen LogP) is 4.43. The molecule has 2 rings (SSSR count). The van der Waals surface area contributed by atoms with Crippen LogP contribution in [0.3, 0.4) is 0 Å². The minimum absolute atomic E-state index is 0.442. The molecular formula is C18H21BrClNO3. The standard InChI is InChI=1S/C18H21BrClNO3/c1-22-8-7-21-11-14-9-16(19)18(17(10-14)23-2)24-12-13-3-5-15(20)6-4-13/h3-6,9-10,21H,7-8,11-12H2,1-2H3. The summed E-state index contributed by atoms with van der Waals surface area (Å²) >= 11 is 9.47. The molecule has 2 aromatic rings. The highest BCUT2D eigenvalue weighted by Crippen LogP contribution is 2.37. The molecule has 130 valence electrons. The Kier molecular flexibility index (Phi) is 7.85. The third-order valence-corrected chi connectivity index (χ3v) is 4.24. The van der Waals surface area contributed by atoms with Gasteiger partial charge in [0.2, 0.25) is 0 Å².